The van der Waals surface area contributed by atoms with Gasteiger partial charge in [0, 0.05) is 10.2 Å². The van der Waals surface area contributed by atoms with Crippen LogP contribution in [0.2, 0.25) is 0 Å². The first kappa shape index (κ1) is 11.1. The Morgan fingerprint density at radius 1 is 1.64 bits per heavy atom. The molecule has 74 valence electrons. The Bertz CT molecular complexity index is 385. The topological polar surface area (TPSA) is 36.7 Å². The van der Waals surface area contributed by atoms with Gasteiger partial charge in [0.05, 0.1) is 12.5 Å². The van der Waals surface area contributed by atoms with E-state index in [9.17, 15) is 8.78 Å². The Morgan fingerprint density at radius 2 is 2.29 bits per heavy atom. The third kappa shape index (κ3) is 2.26. The predicted octanol–water partition coefficient (Wildman–Crippen LogP) is 3.16. The van der Waals surface area contributed by atoms with Crippen LogP contribution >= 0.6 is 15.9 Å². The largest absolute Gasteiger partial charge is 0.281 e. The van der Waals surface area contributed by atoms with Crippen molar-refractivity contribution in [3.63, 3.8) is 0 Å². The number of rotatable bonds is 2. The van der Waals surface area contributed by atoms with E-state index in [1.54, 1.807) is 6.92 Å². The first-order valence-electron chi connectivity index (χ1n) is 3.87. The van der Waals surface area contributed by atoms with Crippen molar-refractivity contribution in [2.45, 2.75) is 19.8 Å². The zero-order valence-electron chi connectivity index (χ0n) is 7.39. The molecule has 0 saturated heterocycles. The Labute approximate surface area is 88.7 Å². The standard InChI is InChI=1S/C9H7BrF2N2/c1-5-6(2-3-13)4-7(10)8(14-5)9(11)12/h4,9H,2H2,1H3. The molecule has 0 radical (unpaired) electrons. The number of hydrogen-bond acceptors (Lipinski definition) is 2. The van der Waals surface area contributed by atoms with Crippen LogP contribution in [0.5, 0.6) is 0 Å². The van der Waals surface area contributed by atoms with Crippen LogP contribution in [-0.4, -0.2) is 4.98 Å². The highest BCUT2D eigenvalue weighted by molar-refractivity contribution is 9.10. The van der Waals surface area contributed by atoms with Crippen LogP contribution in [0.1, 0.15) is 23.4 Å². The maximum absolute atomic E-state index is 12.4. The molecule has 2 nitrogen and oxygen atoms in total. The summed E-state index contributed by atoms with van der Waals surface area (Å²) >= 11 is 3.00. The number of pyridine rings is 1. The van der Waals surface area contributed by atoms with Crippen molar-refractivity contribution in [1.82, 2.24) is 4.98 Å². The van der Waals surface area contributed by atoms with Gasteiger partial charge in [-0.05, 0) is 34.5 Å². The SMILES string of the molecule is Cc1nc(C(F)F)c(Br)cc1CC#N. The molecule has 1 heterocycles. The average molecular weight is 261 g/mol. The Balaban J connectivity index is 3.18. The van der Waals surface area contributed by atoms with Gasteiger partial charge in [-0.25, -0.2) is 8.78 Å². The van der Waals surface area contributed by atoms with Gasteiger partial charge in [-0.3, -0.25) is 4.98 Å². The lowest BCUT2D eigenvalue weighted by atomic mass is 10.1. The van der Waals surface area contributed by atoms with E-state index in [2.05, 4.69) is 20.9 Å². The molecule has 0 aliphatic heterocycles. The van der Waals surface area contributed by atoms with Gasteiger partial charge in [-0.15, -0.1) is 0 Å². The summed E-state index contributed by atoms with van der Waals surface area (Å²) in [5.41, 5.74) is 0.873. The molecule has 1 aromatic heterocycles. The number of alkyl halides is 2. The first-order valence-corrected chi connectivity index (χ1v) is 4.66. The van der Waals surface area contributed by atoms with Gasteiger partial charge in [0.1, 0.15) is 5.69 Å². The minimum absolute atomic E-state index is 0.181. The van der Waals surface area contributed by atoms with Crippen LogP contribution in [0.4, 0.5) is 8.78 Å². The molecule has 0 spiro atoms. The number of halogens is 3. The zero-order valence-corrected chi connectivity index (χ0v) is 8.98. The van der Waals surface area contributed by atoms with Crippen LogP contribution in [0, 0.1) is 18.3 Å². The molecule has 0 amide bonds. The number of aromatic nitrogens is 1. The fraction of sp³-hybridized carbons (Fsp3) is 0.333. The summed E-state index contributed by atoms with van der Waals surface area (Å²) in [6.07, 6.45) is -2.42. The van der Waals surface area contributed by atoms with Gasteiger partial charge < -0.3 is 0 Å². The van der Waals surface area contributed by atoms with E-state index in [0.717, 1.165) is 0 Å². The minimum Gasteiger partial charge on any atom is -0.251 e. The quantitative estimate of drug-likeness (QED) is 0.819. The number of hydrogen-bond donors (Lipinski definition) is 0. The van der Waals surface area contributed by atoms with Crippen LogP contribution in [0.25, 0.3) is 0 Å². The lowest BCUT2D eigenvalue weighted by molar-refractivity contribution is 0.145. The summed E-state index contributed by atoms with van der Waals surface area (Å²) in [4.78, 5) is 3.74. The molecule has 0 saturated carbocycles. The summed E-state index contributed by atoms with van der Waals surface area (Å²) < 4.78 is 25.0. The normalized spacial score (nSPS) is 10.3. The summed E-state index contributed by atoms with van der Waals surface area (Å²) in [6.45, 7) is 1.62. The summed E-state index contributed by atoms with van der Waals surface area (Å²) in [5, 5.41) is 8.47. The highest BCUT2D eigenvalue weighted by atomic mass is 79.9. The molecular formula is C9H7BrF2N2. The smallest absolute Gasteiger partial charge is 0.251 e. The molecule has 1 rings (SSSR count). The Kier molecular flexibility index (Phi) is 3.53. The van der Waals surface area contributed by atoms with E-state index in [0.29, 0.717) is 11.3 Å². The number of nitriles is 1. The first-order chi connectivity index (χ1) is 6.56. The van der Waals surface area contributed by atoms with Gasteiger partial charge >= 0.3 is 0 Å². The van der Waals surface area contributed by atoms with Crippen LogP contribution < -0.4 is 0 Å². The number of nitrogens with zero attached hydrogens (tertiary/aromatic N) is 2. The third-order valence-electron chi connectivity index (χ3n) is 1.77. The molecule has 14 heavy (non-hydrogen) atoms. The molecule has 0 fully saturated rings. The summed E-state index contributed by atoms with van der Waals surface area (Å²) in [6, 6.07) is 3.47. The van der Waals surface area contributed by atoms with Gasteiger partial charge in [0.2, 0.25) is 0 Å². The second-order valence-corrected chi connectivity index (χ2v) is 3.59. The molecule has 5 heteroatoms. The monoisotopic (exact) mass is 260 g/mol. The highest BCUT2D eigenvalue weighted by Gasteiger charge is 2.15. The van der Waals surface area contributed by atoms with Gasteiger partial charge in [-0.2, -0.15) is 5.26 Å². The van der Waals surface area contributed by atoms with Crippen molar-refractivity contribution in [3.8, 4) is 6.07 Å². The summed E-state index contributed by atoms with van der Waals surface area (Å²) in [5.74, 6) is 0. The van der Waals surface area contributed by atoms with Crippen LogP contribution in [-0.2, 0) is 6.42 Å². The zero-order chi connectivity index (χ0) is 10.7. The number of aryl methyl sites for hydroxylation is 1. The highest BCUT2D eigenvalue weighted by Crippen LogP contribution is 2.27. The Morgan fingerprint density at radius 3 is 2.79 bits per heavy atom. The fourth-order valence-corrected chi connectivity index (χ4v) is 1.59. The van der Waals surface area contributed by atoms with Crippen molar-refractivity contribution in [3.05, 3.63) is 27.5 Å². The molecule has 1 aromatic rings. The second-order valence-electron chi connectivity index (χ2n) is 2.74. The third-order valence-corrected chi connectivity index (χ3v) is 2.41. The Hall–Kier alpha value is -1.02. The van der Waals surface area contributed by atoms with E-state index >= 15 is 0 Å². The van der Waals surface area contributed by atoms with E-state index in [1.165, 1.54) is 6.07 Å². The van der Waals surface area contributed by atoms with Crippen molar-refractivity contribution < 1.29 is 8.78 Å². The van der Waals surface area contributed by atoms with Crippen molar-refractivity contribution >= 4 is 15.9 Å². The van der Waals surface area contributed by atoms with E-state index in [4.69, 9.17) is 5.26 Å². The van der Waals surface area contributed by atoms with Crippen LogP contribution in [0.3, 0.4) is 0 Å². The minimum atomic E-state index is -2.60. The van der Waals surface area contributed by atoms with Crippen molar-refractivity contribution in [1.29, 1.82) is 5.26 Å². The molecule has 0 N–H and O–H groups in total. The molecule has 0 aliphatic rings. The molecule has 0 unspecified atom stereocenters. The van der Waals surface area contributed by atoms with Crippen LogP contribution in [0.15, 0.2) is 10.5 Å². The van der Waals surface area contributed by atoms with Gasteiger partial charge in [0.15, 0.2) is 0 Å². The molecular weight excluding hydrogens is 254 g/mol. The molecule has 0 bridgehead atoms. The molecule has 0 aliphatic carbocycles. The van der Waals surface area contributed by atoms with Crippen molar-refractivity contribution in [2.75, 3.05) is 0 Å². The lowest BCUT2D eigenvalue weighted by Gasteiger charge is -2.06. The van der Waals surface area contributed by atoms with Gasteiger partial charge in [-0.1, -0.05) is 0 Å². The van der Waals surface area contributed by atoms with Crippen molar-refractivity contribution in [2.24, 2.45) is 0 Å². The molecule has 0 atom stereocenters. The lowest BCUT2D eigenvalue weighted by Crippen LogP contribution is -1.99. The van der Waals surface area contributed by atoms with E-state index in [1.807, 2.05) is 6.07 Å². The maximum atomic E-state index is 12.4. The van der Waals surface area contributed by atoms with Gasteiger partial charge in [0.25, 0.3) is 6.43 Å². The van der Waals surface area contributed by atoms with E-state index < -0.39 is 6.43 Å². The van der Waals surface area contributed by atoms with E-state index in [-0.39, 0.29) is 16.6 Å². The predicted molar refractivity (Wildman–Crippen MR) is 50.9 cm³/mol. The summed E-state index contributed by atoms with van der Waals surface area (Å²) in [7, 11) is 0. The average Bonchev–Trinajstić information content (AvgIpc) is 2.10. The molecule has 0 aromatic carbocycles. The maximum Gasteiger partial charge on any atom is 0.281 e. The second kappa shape index (κ2) is 4.47. The fourth-order valence-electron chi connectivity index (χ4n) is 1.05.